The van der Waals surface area contributed by atoms with Gasteiger partial charge in [-0.15, -0.1) is 0 Å². The first kappa shape index (κ1) is 10.3. The van der Waals surface area contributed by atoms with Gasteiger partial charge in [-0.25, -0.2) is 0 Å². The van der Waals surface area contributed by atoms with Crippen LogP contribution in [-0.2, 0) is 0 Å². The molecule has 15 heavy (non-hydrogen) atoms. The molecule has 3 N–H and O–H groups in total. The molecular weight excluding hydrogens is 186 g/mol. The second-order valence-electron chi connectivity index (χ2n) is 4.73. The highest BCUT2D eigenvalue weighted by molar-refractivity contribution is 5.55. The third-order valence-corrected chi connectivity index (χ3v) is 3.01. The van der Waals surface area contributed by atoms with Crippen molar-refractivity contribution in [3.8, 4) is 0 Å². The van der Waals surface area contributed by atoms with E-state index in [1.54, 1.807) is 0 Å². The molecule has 0 saturated carbocycles. The predicted molar refractivity (Wildman–Crippen MR) is 65.1 cm³/mol. The fraction of sp³-hybridized carbons (Fsp3) is 0.500. The van der Waals surface area contributed by atoms with Gasteiger partial charge < -0.3 is 16.0 Å². The summed E-state index contributed by atoms with van der Waals surface area (Å²) in [7, 11) is 0. The lowest BCUT2D eigenvalue weighted by atomic mass is 9.99. The summed E-state index contributed by atoms with van der Waals surface area (Å²) in [5.41, 5.74) is 7.95. The minimum Gasteiger partial charge on any atom is -0.399 e. The van der Waals surface area contributed by atoms with E-state index in [2.05, 4.69) is 36.2 Å². The number of hydrogen-bond acceptors (Lipinski definition) is 3. The standard InChI is InChI=1S/C12H19N3/c1-12(2)9-14-7-8-15(12)11-5-3-10(13)4-6-11/h3-6,14H,7-9,13H2,1-2H3. The van der Waals surface area contributed by atoms with Gasteiger partial charge in [-0.3, -0.25) is 0 Å². The summed E-state index contributed by atoms with van der Waals surface area (Å²) >= 11 is 0. The number of benzene rings is 1. The predicted octanol–water partition coefficient (Wildman–Crippen LogP) is 1.46. The van der Waals surface area contributed by atoms with Gasteiger partial charge in [0.2, 0.25) is 0 Å². The van der Waals surface area contributed by atoms with Crippen molar-refractivity contribution in [3.63, 3.8) is 0 Å². The second kappa shape index (κ2) is 3.74. The van der Waals surface area contributed by atoms with E-state index in [1.807, 2.05) is 12.1 Å². The van der Waals surface area contributed by atoms with Gasteiger partial charge in [-0.2, -0.15) is 0 Å². The number of piperazine rings is 1. The molecule has 1 aromatic rings. The molecule has 1 fully saturated rings. The lowest BCUT2D eigenvalue weighted by Gasteiger charge is -2.44. The Balaban J connectivity index is 2.25. The summed E-state index contributed by atoms with van der Waals surface area (Å²) in [4.78, 5) is 2.43. The van der Waals surface area contributed by atoms with Crippen LogP contribution in [0.25, 0.3) is 0 Å². The van der Waals surface area contributed by atoms with Crippen LogP contribution in [0.2, 0.25) is 0 Å². The van der Waals surface area contributed by atoms with E-state index < -0.39 is 0 Å². The maximum Gasteiger partial charge on any atom is 0.0470 e. The van der Waals surface area contributed by atoms with Gasteiger partial charge in [-0.1, -0.05) is 0 Å². The van der Waals surface area contributed by atoms with Gasteiger partial charge in [0, 0.05) is 36.5 Å². The highest BCUT2D eigenvalue weighted by Crippen LogP contribution is 2.25. The third-order valence-electron chi connectivity index (χ3n) is 3.01. The summed E-state index contributed by atoms with van der Waals surface area (Å²) in [5.74, 6) is 0. The van der Waals surface area contributed by atoms with Gasteiger partial charge in [0.05, 0.1) is 0 Å². The molecule has 3 heteroatoms. The maximum atomic E-state index is 5.69. The van der Waals surface area contributed by atoms with E-state index in [9.17, 15) is 0 Å². The summed E-state index contributed by atoms with van der Waals surface area (Å²) in [5, 5.41) is 3.42. The first-order valence-electron chi connectivity index (χ1n) is 5.43. The molecule has 0 amide bonds. The van der Waals surface area contributed by atoms with Crippen LogP contribution in [0.1, 0.15) is 13.8 Å². The topological polar surface area (TPSA) is 41.3 Å². The van der Waals surface area contributed by atoms with Gasteiger partial charge in [0.25, 0.3) is 0 Å². The molecule has 0 radical (unpaired) electrons. The zero-order chi connectivity index (χ0) is 10.9. The van der Waals surface area contributed by atoms with Crippen molar-refractivity contribution in [2.45, 2.75) is 19.4 Å². The van der Waals surface area contributed by atoms with Crippen molar-refractivity contribution in [1.82, 2.24) is 5.32 Å². The van der Waals surface area contributed by atoms with Gasteiger partial charge in [-0.05, 0) is 38.1 Å². The second-order valence-corrected chi connectivity index (χ2v) is 4.73. The van der Waals surface area contributed by atoms with Gasteiger partial charge in [0.15, 0.2) is 0 Å². The van der Waals surface area contributed by atoms with E-state index in [4.69, 9.17) is 5.73 Å². The number of nitrogens with two attached hydrogens (primary N) is 1. The molecule has 1 aliphatic rings. The molecule has 1 heterocycles. The van der Waals surface area contributed by atoms with Crippen LogP contribution < -0.4 is 16.0 Å². The average molecular weight is 205 g/mol. The Morgan fingerprint density at radius 3 is 2.53 bits per heavy atom. The molecule has 1 aliphatic heterocycles. The van der Waals surface area contributed by atoms with Crippen molar-refractivity contribution >= 4 is 11.4 Å². The lowest BCUT2D eigenvalue weighted by molar-refractivity contribution is 0.380. The summed E-state index contributed by atoms with van der Waals surface area (Å²) in [6.45, 7) is 7.65. The minimum atomic E-state index is 0.175. The zero-order valence-electron chi connectivity index (χ0n) is 9.46. The Hall–Kier alpha value is -1.22. The molecule has 3 nitrogen and oxygen atoms in total. The first-order valence-corrected chi connectivity index (χ1v) is 5.43. The number of nitrogen functional groups attached to an aromatic ring is 1. The van der Waals surface area contributed by atoms with Crippen LogP contribution in [-0.4, -0.2) is 25.2 Å². The first-order chi connectivity index (χ1) is 7.09. The quantitative estimate of drug-likeness (QED) is 0.682. The highest BCUT2D eigenvalue weighted by atomic mass is 15.3. The van der Waals surface area contributed by atoms with E-state index >= 15 is 0 Å². The minimum absolute atomic E-state index is 0.175. The molecule has 0 unspecified atom stereocenters. The van der Waals surface area contributed by atoms with E-state index in [1.165, 1.54) is 5.69 Å². The number of hydrogen-bond donors (Lipinski definition) is 2. The van der Waals surface area contributed by atoms with Gasteiger partial charge >= 0.3 is 0 Å². The molecule has 0 spiro atoms. The normalized spacial score (nSPS) is 20.3. The molecule has 82 valence electrons. The lowest BCUT2D eigenvalue weighted by Crippen LogP contribution is -2.58. The fourth-order valence-electron chi connectivity index (χ4n) is 2.12. The van der Waals surface area contributed by atoms with Crippen LogP contribution >= 0.6 is 0 Å². The molecule has 1 aromatic carbocycles. The van der Waals surface area contributed by atoms with E-state index in [0.29, 0.717) is 0 Å². The van der Waals surface area contributed by atoms with Crippen LogP contribution in [0.3, 0.4) is 0 Å². The average Bonchev–Trinajstić information content (AvgIpc) is 2.19. The van der Waals surface area contributed by atoms with Crippen molar-refractivity contribution in [3.05, 3.63) is 24.3 Å². The Morgan fingerprint density at radius 1 is 1.27 bits per heavy atom. The monoisotopic (exact) mass is 205 g/mol. The van der Waals surface area contributed by atoms with Crippen molar-refractivity contribution < 1.29 is 0 Å². The smallest absolute Gasteiger partial charge is 0.0470 e. The number of nitrogens with zero attached hydrogens (tertiary/aromatic N) is 1. The van der Waals surface area contributed by atoms with Crippen LogP contribution in [0.15, 0.2) is 24.3 Å². The van der Waals surface area contributed by atoms with Crippen molar-refractivity contribution in [2.75, 3.05) is 30.3 Å². The molecule has 0 atom stereocenters. The molecule has 0 aliphatic carbocycles. The molecule has 2 rings (SSSR count). The molecule has 0 aromatic heterocycles. The molecule has 0 bridgehead atoms. The number of anilines is 2. The summed E-state index contributed by atoms with van der Waals surface area (Å²) in [6.07, 6.45) is 0. The van der Waals surface area contributed by atoms with Crippen LogP contribution in [0.4, 0.5) is 11.4 Å². The highest BCUT2D eigenvalue weighted by Gasteiger charge is 2.29. The van der Waals surface area contributed by atoms with Crippen molar-refractivity contribution in [2.24, 2.45) is 0 Å². The number of rotatable bonds is 1. The zero-order valence-corrected chi connectivity index (χ0v) is 9.46. The number of nitrogens with one attached hydrogen (secondary N) is 1. The van der Waals surface area contributed by atoms with Gasteiger partial charge in [0.1, 0.15) is 0 Å². The Labute approximate surface area is 91.3 Å². The largest absolute Gasteiger partial charge is 0.399 e. The summed E-state index contributed by atoms with van der Waals surface area (Å²) < 4.78 is 0. The molecule has 1 saturated heterocycles. The van der Waals surface area contributed by atoms with E-state index in [0.717, 1.165) is 25.3 Å². The Kier molecular flexibility index (Phi) is 2.57. The van der Waals surface area contributed by atoms with E-state index in [-0.39, 0.29) is 5.54 Å². The third kappa shape index (κ3) is 2.07. The van der Waals surface area contributed by atoms with Crippen LogP contribution in [0.5, 0.6) is 0 Å². The maximum absolute atomic E-state index is 5.69. The van der Waals surface area contributed by atoms with Crippen molar-refractivity contribution in [1.29, 1.82) is 0 Å². The Morgan fingerprint density at radius 2 is 1.93 bits per heavy atom. The van der Waals surface area contributed by atoms with Crippen LogP contribution in [0, 0.1) is 0 Å². The molecular formula is C12H19N3. The fourth-order valence-corrected chi connectivity index (χ4v) is 2.12. The Bertz CT molecular complexity index is 329. The summed E-state index contributed by atoms with van der Waals surface area (Å²) in [6, 6.07) is 8.13. The SMILES string of the molecule is CC1(C)CNCCN1c1ccc(N)cc1.